The number of benzene rings is 1. The molecule has 0 aliphatic rings. The zero-order chi connectivity index (χ0) is 13.7. The second-order valence-corrected chi connectivity index (χ2v) is 5.64. The Balaban J connectivity index is 2.11. The highest BCUT2D eigenvalue weighted by atomic mass is 32.1. The number of anilines is 1. The fourth-order valence-electron chi connectivity index (χ4n) is 1.83. The van der Waals surface area contributed by atoms with Gasteiger partial charge in [0, 0.05) is 16.9 Å². The van der Waals surface area contributed by atoms with E-state index in [1.54, 1.807) is 0 Å². The van der Waals surface area contributed by atoms with Crippen LogP contribution < -0.4 is 5.32 Å². The summed E-state index contributed by atoms with van der Waals surface area (Å²) in [5, 5.41) is 3.57. The number of thiazole rings is 1. The van der Waals surface area contributed by atoms with Gasteiger partial charge in [0.05, 0.1) is 5.69 Å². The Bertz CT molecular complexity index is 549. The summed E-state index contributed by atoms with van der Waals surface area (Å²) in [5.74, 6) is 0.0511. The van der Waals surface area contributed by atoms with Crippen LogP contribution in [0.1, 0.15) is 31.1 Å². The zero-order valence-electron chi connectivity index (χ0n) is 11.3. The number of hydrogen-bond acceptors (Lipinski definition) is 3. The Morgan fingerprint density at radius 1 is 1.32 bits per heavy atom. The topological polar surface area (TPSA) is 42.0 Å². The molecule has 0 spiro atoms. The highest BCUT2D eigenvalue weighted by Gasteiger charge is 2.11. The second-order valence-electron chi connectivity index (χ2n) is 4.44. The van der Waals surface area contributed by atoms with E-state index in [1.165, 1.54) is 11.3 Å². The zero-order valence-corrected chi connectivity index (χ0v) is 12.1. The molecule has 2 rings (SSSR count). The highest BCUT2D eigenvalue weighted by molar-refractivity contribution is 7.16. The number of amides is 1. The molecule has 0 saturated heterocycles. The predicted molar refractivity (Wildman–Crippen MR) is 80.4 cm³/mol. The fourth-order valence-corrected chi connectivity index (χ4v) is 2.68. The maximum Gasteiger partial charge on any atom is 0.226 e. The van der Waals surface area contributed by atoms with Crippen LogP contribution in [0.15, 0.2) is 30.3 Å². The first-order valence-electron chi connectivity index (χ1n) is 6.53. The van der Waals surface area contributed by atoms with Gasteiger partial charge in [-0.05, 0) is 13.3 Å². The van der Waals surface area contributed by atoms with Crippen molar-refractivity contribution in [2.45, 2.75) is 33.1 Å². The maximum atomic E-state index is 11.7. The van der Waals surface area contributed by atoms with Gasteiger partial charge < -0.3 is 5.32 Å². The number of nitrogens with one attached hydrogen (secondary N) is 1. The van der Waals surface area contributed by atoms with E-state index in [4.69, 9.17) is 0 Å². The average Bonchev–Trinajstić information content (AvgIpc) is 2.78. The summed E-state index contributed by atoms with van der Waals surface area (Å²) in [6.07, 6.45) is 2.51. The molecule has 0 atom stereocenters. The van der Waals surface area contributed by atoms with Crippen molar-refractivity contribution >= 4 is 22.4 Å². The van der Waals surface area contributed by atoms with E-state index in [0.29, 0.717) is 11.6 Å². The predicted octanol–water partition coefficient (Wildman–Crippen LogP) is 4.25. The van der Waals surface area contributed by atoms with E-state index >= 15 is 0 Å². The molecular formula is C15H18N2OS. The first-order chi connectivity index (χ1) is 9.20. The molecule has 0 aliphatic heterocycles. The molecule has 0 unspecified atom stereocenters. The molecule has 1 aromatic carbocycles. The third-order valence-corrected chi connectivity index (χ3v) is 3.73. The van der Waals surface area contributed by atoms with Crippen LogP contribution in [0.3, 0.4) is 0 Å². The molecule has 0 aliphatic carbocycles. The minimum absolute atomic E-state index is 0.0511. The normalized spacial score (nSPS) is 10.4. The van der Waals surface area contributed by atoms with Crippen molar-refractivity contribution in [3.05, 3.63) is 35.2 Å². The molecule has 1 heterocycles. The van der Waals surface area contributed by atoms with Gasteiger partial charge in [0.25, 0.3) is 0 Å². The molecule has 4 heteroatoms. The van der Waals surface area contributed by atoms with Gasteiger partial charge >= 0.3 is 0 Å². The third kappa shape index (κ3) is 3.64. The van der Waals surface area contributed by atoms with Crippen LogP contribution in [0.4, 0.5) is 5.13 Å². The minimum Gasteiger partial charge on any atom is -0.302 e. The Morgan fingerprint density at radius 2 is 2.05 bits per heavy atom. The van der Waals surface area contributed by atoms with E-state index in [-0.39, 0.29) is 5.91 Å². The summed E-state index contributed by atoms with van der Waals surface area (Å²) >= 11 is 1.53. The Labute approximate surface area is 117 Å². The molecule has 2 aromatic rings. The number of unbranched alkanes of at least 4 members (excludes halogenated alkanes) is 1. The number of nitrogens with zero attached hydrogens (tertiary/aromatic N) is 1. The highest BCUT2D eigenvalue weighted by Crippen LogP contribution is 2.30. The van der Waals surface area contributed by atoms with Crippen molar-refractivity contribution in [1.29, 1.82) is 0 Å². The SMILES string of the molecule is CCCCC(=O)Nc1nc(-c2ccccc2)c(C)s1. The molecule has 0 saturated carbocycles. The molecule has 1 aromatic heterocycles. The standard InChI is InChI=1S/C15H18N2OS/c1-3-4-10-13(18)16-15-17-14(11(2)19-15)12-8-6-5-7-9-12/h5-9H,3-4,10H2,1-2H3,(H,16,17,18). The average molecular weight is 274 g/mol. The molecular weight excluding hydrogens is 256 g/mol. The van der Waals surface area contributed by atoms with Crippen LogP contribution in [0, 0.1) is 6.92 Å². The van der Waals surface area contributed by atoms with Crippen LogP contribution in [0.2, 0.25) is 0 Å². The van der Waals surface area contributed by atoms with Gasteiger partial charge in [-0.1, -0.05) is 43.7 Å². The molecule has 3 nitrogen and oxygen atoms in total. The van der Waals surface area contributed by atoms with Gasteiger partial charge in [0.2, 0.25) is 5.91 Å². The van der Waals surface area contributed by atoms with E-state index in [0.717, 1.165) is 29.0 Å². The van der Waals surface area contributed by atoms with Gasteiger partial charge in [-0.3, -0.25) is 4.79 Å². The Hall–Kier alpha value is -1.68. The fraction of sp³-hybridized carbons (Fsp3) is 0.333. The molecule has 0 radical (unpaired) electrons. The van der Waals surface area contributed by atoms with Gasteiger partial charge in [0.15, 0.2) is 5.13 Å². The maximum absolute atomic E-state index is 11.7. The quantitative estimate of drug-likeness (QED) is 0.885. The summed E-state index contributed by atoms with van der Waals surface area (Å²) in [4.78, 5) is 17.3. The number of carbonyl (C=O) groups excluding carboxylic acids is 1. The molecule has 100 valence electrons. The molecule has 1 amide bonds. The van der Waals surface area contributed by atoms with E-state index in [2.05, 4.69) is 17.2 Å². The number of aromatic nitrogens is 1. The summed E-state index contributed by atoms with van der Waals surface area (Å²) in [7, 11) is 0. The van der Waals surface area contributed by atoms with Crippen LogP contribution in [0.25, 0.3) is 11.3 Å². The smallest absolute Gasteiger partial charge is 0.226 e. The van der Waals surface area contributed by atoms with Crippen LogP contribution in [-0.2, 0) is 4.79 Å². The number of aryl methyl sites for hydroxylation is 1. The van der Waals surface area contributed by atoms with Crippen molar-refractivity contribution in [1.82, 2.24) is 4.98 Å². The Kier molecular flexibility index (Phi) is 4.68. The van der Waals surface area contributed by atoms with E-state index in [9.17, 15) is 4.79 Å². The van der Waals surface area contributed by atoms with Crippen LogP contribution >= 0.6 is 11.3 Å². The van der Waals surface area contributed by atoms with Crippen LogP contribution in [0.5, 0.6) is 0 Å². The molecule has 19 heavy (non-hydrogen) atoms. The summed E-state index contributed by atoms with van der Waals surface area (Å²) in [6, 6.07) is 10.0. The second kappa shape index (κ2) is 6.48. The molecule has 1 N–H and O–H groups in total. The van der Waals surface area contributed by atoms with Gasteiger partial charge in [-0.2, -0.15) is 0 Å². The van der Waals surface area contributed by atoms with Crippen molar-refractivity contribution in [2.75, 3.05) is 5.32 Å². The lowest BCUT2D eigenvalue weighted by molar-refractivity contribution is -0.116. The summed E-state index contributed by atoms with van der Waals surface area (Å²) in [6.45, 7) is 4.11. The first-order valence-corrected chi connectivity index (χ1v) is 7.35. The minimum atomic E-state index is 0.0511. The monoisotopic (exact) mass is 274 g/mol. The lowest BCUT2D eigenvalue weighted by atomic mass is 10.1. The molecule has 0 fully saturated rings. The van der Waals surface area contributed by atoms with Gasteiger partial charge in [-0.25, -0.2) is 4.98 Å². The van der Waals surface area contributed by atoms with Crippen molar-refractivity contribution in [3.8, 4) is 11.3 Å². The van der Waals surface area contributed by atoms with E-state index < -0.39 is 0 Å². The molecule has 0 bridgehead atoms. The van der Waals surface area contributed by atoms with Crippen molar-refractivity contribution < 1.29 is 4.79 Å². The Morgan fingerprint density at radius 3 is 2.74 bits per heavy atom. The van der Waals surface area contributed by atoms with Crippen molar-refractivity contribution in [3.63, 3.8) is 0 Å². The van der Waals surface area contributed by atoms with Gasteiger partial charge in [0.1, 0.15) is 0 Å². The first kappa shape index (κ1) is 13.7. The number of carbonyl (C=O) groups is 1. The lowest BCUT2D eigenvalue weighted by Crippen LogP contribution is -2.10. The summed E-state index contributed by atoms with van der Waals surface area (Å²) in [5.41, 5.74) is 2.04. The number of hydrogen-bond donors (Lipinski definition) is 1. The third-order valence-electron chi connectivity index (χ3n) is 2.85. The van der Waals surface area contributed by atoms with Crippen LogP contribution in [-0.4, -0.2) is 10.9 Å². The number of rotatable bonds is 5. The van der Waals surface area contributed by atoms with E-state index in [1.807, 2.05) is 37.3 Å². The van der Waals surface area contributed by atoms with Crippen molar-refractivity contribution in [2.24, 2.45) is 0 Å². The lowest BCUT2D eigenvalue weighted by Gasteiger charge is -1.99. The largest absolute Gasteiger partial charge is 0.302 e. The summed E-state index contributed by atoms with van der Waals surface area (Å²) < 4.78 is 0. The van der Waals surface area contributed by atoms with Gasteiger partial charge in [-0.15, -0.1) is 11.3 Å².